The summed E-state index contributed by atoms with van der Waals surface area (Å²) in [5, 5.41) is 2.79. The van der Waals surface area contributed by atoms with Crippen molar-refractivity contribution < 1.29 is 23.5 Å². The number of aromatic nitrogens is 1. The lowest BCUT2D eigenvalue weighted by Gasteiger charge is -2.10. The SMILES string of the molecule is COc1ccc(NC(=O)c2c(N)c(C(=O)c3ccc(F)cc3)n3ccccc23)cc1OC. The average Bonchev–Trinajstić information content (AvgIpc) is 3.10. The second-order valence-electron chi connectivity index (χ2n) is 6.95. The number of pyridine rings is 1. The molecule has 2 aromatic carbocycles. The monoisotopic (exact) mass is 433 g/mol. The van der Waals surface area contributed by atoms with Gasteiger partial charge in [0.2, 0.25) is 5.78 Å². The fourth-order valence-electron chi connectivity index (χ4n) is 3.54. The smallest absolute Gasteiger partial charge is 0.259 e. The number of methoxy groups -OCH3 is 2. The summed E-state index contributed by atoms with van der Waals surface area (Å²) >= 11 is 0. The lowest BCUT2D eigenvalue weighted by molar-refractivity contribution is 0.102. The molecule has 0 saturated carbocycles. The number of fused-ring (bicyclic) bond motifs is 1. The van der Waals surface area contributed by atoms with Crippen LogP contribution in [-0.4, -0.2) is 30.3 Å². The van der Waals surface area contributed by atoms with Crippen LogP contribution in [0.15, 0.2) is 66.9 Å². The molecule has 0 fully saturated rings. The van der Waals surface area contributed by atoms with E-state index in [1.54, 1.807) is 47.0 Å². The quantitative estimate of drug-likeness (QED) is 0.445. The molecule has 4 rings (SSSR count). The van der Waals surface area contributed by atoms with Crippen molar-refractivity contribution >= 4 is 28.6 Å². The highest BCUT2D eigenvalue weighted by Crippen LogP contribution is 2.32. The van der Waals surface area contributed by atoms with Gasteiger partial charge in [-0.3, -0.25) is 9.59 Å². The first-order valence-corrected chi connectivity index (χ1v) is 9.66. The summed E-state index contributed by atoms with van der Waals surface area (Å²) in [6.45, 7) is 0. The molecule has 0 aliphatic carbocycles. The number of halogens is 1. The second kappa shape index (κ2) is 8.43. The van der Waals surface area contributed by atoms with E-state index in [0.29, 0.717) is 22.7 Å². The number of nitrogens with one attached hydrogen (secondary N) is 1. The average molecular weight is 433 g/mol. The number of carbonyl (C=O) groups excluding carboxylic acids is 2. The molecule has 0 unspecified atom stereocenters. The molecular formula is C24H20FN3O4. The maximum atomic E-state index is 13.3. The normalized spacial score (nSPS) is 10.7. The molecule has 0 aliphatic rings. The van der Waals surface area contributed by atoms with Gasteiger partial charge in [0.25, 0.3) is 5.91 Å². The van der Waals surface area contributed by atoms with Crippen LogP contribution in [0.3, 0.4) is 0 Å². The summed E-state index contributed by atoms with van der Waals surface area (Å²) in [5.74, 6) is -0.395. The minimum absolute atomic E-state index is 0.0310. The van der Waals surface area contributed by atoms with Gasteiger partial charge < -0.3 is 24.9 Å². The Morgan fingerprint density at radius 3 is 2.38 bits per heavy atom. The van der Waals surface area contributed by atoms with Crippen LogP contribution in [0.1, 0.15) is 26.4 Å². The molecule has 7 nitrogen and oxygen atoms in total. The molecular weight excluding hydrogens is 413 g/mol. The van der Waals surface area contributed by atoms with Crippen LogP contribution >= 0.6 is 0 Å². The van der Waals surface area contributed by atoms with Crippen molar-refractivity contribution in [1.82, 2.24) is 4.40 Å². The van der Waals surface area contributed by atoms with Gasteiger partial charge in [-0.1, -0.05) is 6.07 Å². The van der Waals surface area contributed by atoms with Gasteiger partial charge in [-0.15, -0.1) is 0 Å². The van der Waals surface area contributed by atoms with E-state index in [1.807, 2.05) is 0 Å². The minimum Gasteiger partial charge on any atom is -0.493 e. The Bertz CT molecular complexity index is 1330. The molecule has 1 amide bonds. The molecule has 0 bridgehead atoms. The minimum atomic E-state index is -0.489. The van der Waals surface area contributed by atoms with E-state index < -0.39 is 17.5 Å². The summed E-state index contributed by atoms with van der Waals surface area (Å²) in [5.41, 5.74) is 7.83. The van der Waals surface area contributed by atoms with Crippen LogP contribution in [0.5, 0.6) is 11.5 Å². The van der Waals surface area contributed by atoms with Crippen molar-refractivity contribution in [2.75, 3.05) is 25.3 Å². The van der Waals surface area contributed by atoms with Crippen LogP contribution in [0.2, 0.25) is 0 Å². The Morgan fingerprint density at radius 1 is 0.969 bits per heavy atom. The lowest BCUT2D eigenvalue weighted by Crippen LogP contribution is -2.14. The summed E-state index contributed by atoms with van der Waals surface area (Å²) in [7, 11) is 3.01. The Hall–Kier alpha value is -4.33. The molecule has 0 saturated heterocycles. The van der Waals surface area contributed by atoms with Gasteiger partial charge in [-0.2, -0.15) is 0 Å². The standard InChI is InChI=1S/C24H20FN3O4/c1-31-18-11-10-16(13-19(18)32-2)27-24(30)20-17-5-3-4-12-28(17)22(21(20)26)23(29)14-6-8-15(25)9-7-14/h3-13H,26H2,1-2H3,(H,27,30). The number of nitrogen functional groups attached to an aromatic ring is 1. The first-order chi connectivity index (χ1) is 15.4. The first-order valence-electron chi connectivity index (χ1n) is 9.66. The highest BCUT2D eigenvalue weighted by molar-refractivity contribution is 6.20. The van der Waals surface area contributed by atoms with E-state index in [2.05, 4.69) is 5.32 Å². The van der Waals surface area contributed by atoms with Crippen LogP contribution in [0.25, 0.3) is 5.52 Å². The van der Waals surface area contributed by atoms with Gasteiger partial charge >= 0.3 is 0 Å². The van der Waals surface area contributed by atoms with Gasteiger partial charge in [0.15, 0.2) is 11.5 Å². The molecule has 0 spiro atoms. The highest BCUT2D eigenvalue weighted by atomic mass is 19.1. The number of ether oxygens (including phenoxy) is 2. The molecule has 0 aliphatic heterocycles. The molecule has 32 heavy (non-hydrogen) atoms. The maximum Gasteiger partial charge on any atom is 0.259 e. The van der Waals surface area contributed by atoms with Gasteiger partial charge in [0, 0.05) is 23.5 Å². The second-order valence-corrected chi connectivity index (χ2v) is 6.95. The predicted molar refractivity (Wildman–Crippen MR) is 119 cm³/mol. The fraction of sp³-hybridized carbons (Fsp3) is 0.0833. The van der Waals surface area contributed by atoms with Gasteiger partial charge in [0.1, 0.15) is 11.5 Å². The number of anilines is 2. The first kappa shape index (κ1) is 20.9. The molecule has 2 aromatic heterocycles. The zero-order valence-corrected chi connectivity index (χ0v) is 17.4. The van der Waals surface area contributed by atoms with Crippen LogP contribution < -0.4 is 20.5 Å². The summed E-state index contributed by atoms with van der Waals surface area (Å²) in [6, 6.07) is 15.3. The molecule has 2 heterocycles. The third-order valence-corrected chi connectivity index (χ3v) is 5.07. The van der Waals surface area contributed by atoms with E-state index in [9.17, 15) is 14.0 Å². The third-order valence-electron chi connectivity index (χ3n) is 5.07. The van der Waals surface area contributed by atoms with Crippen LogP contribution in [-0.2, 0) is 0 Å². The van der Waals surface area contributed by atoms with E-state index >= 15 is 0 Å². The number of nitrogens with two attached hydrogens (primary N) is 1. The number of hydrogen-bond acceptors (Lipinski definition) is 5. The van der Waals surface area contributed by atoms with Gasteiger partial charge in [-0.25, -0.2) is 4.39 Å². The van der Waals surface area contributed by atoms with Crippen molar-refractivity contribution in [2.24, 2.45) is 0 Å². The molecule has 8 heteroatoms. The zero-order chi connectivity index (χ0) is 22.8. The third kappa shape index (κ3) is 3.62. The van der Waals surface area contributed by atoms with E-state index in [0.717, 1.165) is 0 Å². The number of carbonyl (C=O) groups is 2. The summed E-state index contributed by atoms with van der Waals surface area (Å²) in [6.07, 6.45) is 1.65. The number of ketones is 1. The van der Waals surface area contributed by atoms with Crippen molar-refractivity contribution in [3.8, 4) is 11.5 Å². The van der Waals surface area contributed by atoms with E-state index in [1.165, 1.54) is 38.5 Å². The van der Waals surface area contributed by atoms with E-state index in [4.69, 9.17) is 15.2 Å². The maximum absolute atomic E-state index is 13.3. The highest BCUT2D eigenvalue weighted by Gasteiger charge is 2.26. The Morgan fingerprint density at radius 2 is 1.69 bits per heavy atom. The Labute approximate surface area is 183 Å². The molecule has 3 N–H and O–H groups in total. The summed E-state index contributed by atoms with van der Waals surface area (Å²) < 4.78 is 25.3. The van der Waals surface area contributed by atoms with Crippen molar-refractivity contribution in [2.45, 2.75) is 0 Å². The zero-order valence-electron chi connectivity index (χ0n) is 17.4. The topological polar surface area (TPSA) is 95.1 Å². The van der Waals surface area contributed by atoms with Crippen molar-refractivity contribution in [3.63, 3.8) is 0 Å². The molecule has 0 atom stereocenters. The number of rotatable bonds is 6. The summed E-state index contributed by atoms with van der Waals surface area (Å²) in [4.78, 5) is 26.3. The van der Waals surface area contributed by atoms with Crippen LogP contribution in [0.4, 0.5) is 15.8 Å². The number of nitrogens with zero attached hydrogens (tertiary/aromatic N) is 1. The van der Waals surface area contributed by atoms with E-state index in [-0.39, 0.29) is 22.5 Å². The van der Waals surface area contributed by atoms with Gasteiger partial charge in [0.05, 0.1) is 31.0 Å². The fourth-order valence-corrected chi connectivity index (χ4v) is 3.54. The number of amides is 1. The van der Waals surface area contributed by atoms with Crippen molar-refractivity contribution in [1.29, 1.82) is 0 Å². The van der Waals surface area contributed by atoms with Crippen LogP contribution in [0, 0.1) is 5.82 Å². The molecule has 0 radical (unpaired) electrons. The molecule has 162 valence electrons. The Balaban J connectivity index is 1.77. The number of benzene rings is 2. The lowest BCUT2D eigenvalue weighted by atomic mass is 10.1. The largest absolute Gasteiger partial charge is 0.493 e. The van der Waals surface area contributed by atoms with Gasteiger partial charge in [-0.05, 0) is 48.5 Å². The predicted octanol–water partition coefficient (Wildman–Crippen LogP) is 4.16. The molecule has 4 aromatic rings. The Kier molecular flexibility index (Phi) is 5.51. The number of hydrogen-bond donors (Lipinski definition) is 2. The van der Waals surface area contributed by atoms with Crippen molar-refractivity contribution in [3.05, 3.63) is 89.5 Å².